The summed E-state index contributed by atoms with van der Waals surface area (Å²) < 4.78 is 5.17. The molecule has 3 atom stereocenters. The number of β-lactam (4-membered cyclic amide) rings is 1. The number of fused-ring (bicyclic) bond motifs is 1. The number of carboxylic acids is 1. The zero-order chi connectivity index (χ0) is 22.9. The Balaban J connectivity index is 1.44. The van der Waals surface area contributed by atoms with E-state index in [1.807, 2.05) is 6.07 Å². The fourth-order valence-electron chi connectivity index (χ4n) is 3.65. The average Bonchev–Trinajstić information content (AvgIpc) is 3.30. The lowest BCUT2D eigenvalue weighted by Crippen LogP contribution is -2.78. The molecule has 12 heteroatoms. The lowest BCUT2D eigenvalue weighted by Gasteiger charge is -2.55. The number of benzene rings is 1. The van der Waals surface area contributed by atoms with Crippen molar-refractivity contribution in [2.45, 2.75) is 30.5 Å². The Morgan fingerprint density at radius 2 is 2.09 bits per heavy atom. The van der Waals surface area contributed by atoms with E-state index in [0.717, 1.165) is 5.56 Å². The number of aromatic nitrogens is 1. The molecule has 2 N–H and O–H groups in total. The van der Waals surface area contributed by atoms with Crippen molar-refractivity contribution < 1.29 is 29.0 Å². The molecule has 0 saturated carbocycles. The monoisotopic (exact) mass is 476 g/mol. The molecule has 2 unspecified atom stereocenters. The molecular formula is C20H20N4O6S2. The Bertz CT molecular complexity index is 1030. The first-order valence-corrected chi connectivity index (χ1v) is 11.6. The Morgan fingerprint density at radius 1 is 1.34 bits per heavy atom. The highest BCUT2D eigenvalue weighted by Gasteiger charge is 2.60. The molecule has 0 bridgehead atoms. The molecular weight excluding hydrogens is 456 g/mol. The number of thioether (sulfide) groups is 1. The van der Waals surface area contributed by atoms with Crippen molar-refractivity contribution in [1.29, 1.82) is 0 Å². The molecule has 0 spiro atoms. The number of carbonyl (C=O) groups is 4. The number of carbonyl (C=O) groups excluding carboxylic acids is 3. The number of alkyl carbamates (subject to hydrolysis) is 1. The molecule has 2 aromatic rings. The molecule has 2 saturated heterocycles. The number of rotatable bonds is 6. The van der Waals surface area contributed by atoms with Gasteiger partial charge in [-0.3, -0.25) is 14.5 Å². The minimum atomic E-state index is -1.70. The van der Waals surface area contributed by atoms with E-state index in [1.54, 1.807) is 35.8 Å². The molecule has 1 aromatic carbocycles. The second kappa shape index (κ2) is 8.79. The minimum Gasteiger partial charge on any atom is -0.479 e. The summed E-state index contributed by atoms with van der Waals surface area (Å²) >= 11 is 2.44. The van der Waals surface area contributed by atoms with Gasteiger partial charge in [0.1, 0.15) is 18.0 Å². The number of nitrogens with one attached hydrogen (secondary N) is 1. The van der Waals surface area contributed by atoms with Crippen LogP contribution in [0.1, 0.15) is 12.5 Å². The van der Waals surface area contributed by atoms with Crippen molar-refractivity contribution >= 4 is 52.1 Å². The molecule has 2 aliphatic heterocycles. The first-order valence-electron chi connectivity index (χ1n) is 9.66. The summed E-state index contributed by atoms with van der Waals surface area (Å²) in [5.41, 5.74) is -0.935. The molecule has 2 aliphatic rings. The van der Waals surface area contributed by atoms with E-state index >= 15 is 0 Å². The largest absolute Gasteiger partial charge is 0.479 e. The maximum Gasteiger partial charge on any atom is 0.408 e. The van der Waals surface area contributed by atoms with Gasteiger partial charge in [-0.2, -0.15) is 0 Å². The SMILES string of the molecule is CC(=O)N(c1nccs1)C1C(=O)N2CC(NC(=O)OCc3ccccc3)(C(=O)O)CS[C@H]12. The lowest BCUT2D eigenvalue weighted by atomic mass is 9.96. The Kier molecular flexibility index (Phi) is 6.07. The van der Waals surface area contributed by atoms with Crippen molar-refractivity contribution in [3.05, 3.63) is 47.5 Å². The van der Waals surface area contributed by atoms with Gasteiger partial charge in [0.25, 0.3) is 0 Å². The molecule has 1 aromatic heterocycles. The summed E-state index contributed by atoms with van der Waals surface area (Å²) in [6.45, 7) is 1.13. The lowest BCUT2D eigenvalue weighted by molar-refractivity contribution is -0.153. The zero-order valence-electron chi connectivity index (χ0n) is 17.0. The summed E-state index contributed by atoms with van der Waals surface area (Å²) in [6.07, 6.45) is 0.665. The first kappa shape index (κ1) is 22.1. The van der Waals surface area contributed by atoms with Crippen molar-refractivity contribution in [1.82, 2.24) is 15.2 Å². The van der Waals surface area contributed by atoms with Gasteiger partial charge in [-0.25, -0.2) is 14.6 Å². The molecule has 3 amide bonds. The van der Waals surface area contributed by atoms with Crippen LogP contribution in [-0.2, 0) is 25.7 Å². The van der Waals surface area contributed by atoms with Gasteiger partial charge in [0.15, 0.2) is 10.7 Å². The Morgan fingerprint density at radius 3 is 2.72 bits per heavy atom. The topological polar surface area (TPSA) is 129 Å². The highest BCUT2D eigenvalue weighted by atomic mass is 32.2. The zero-order valence-corrected chi connectivity index (χ0v) is 18.6. The Hall–Kier alpha value is -3.12. The molecule has 0 aliphatic carbocycles. The number of hydrogen-bond acceptors (Lipinski definition) is 8. The molecule has 0 radical (unpaired) electrons. The number of amides is 3. The predicted octanol–water partition coefficient (Wildman–Crippen LogP) is 1.53. The van der Waals surface area contributed by atoms with Gasteiger partial charge >= 0.3 is 12.1 Å². The normalized spacial score (nSPS) is 24.2. The number of thiazole rings is 1. The minimum absolute atomic E-state index is 0.00968. The Labute approximate surface area is 191 Å². The second-order valence-corrected chi connectivity index (χ2v) is 9.37. The molecule has 4 rings (SSSR count). The molecule has 2 fully saturated rings. The van der Waals surface area contributed by atoms with Gasteiger partial charge in [0.2, 0.25) is 11.8 Å². The third-order valence-electron chi connectivity index (χ3n) is 5.26. The number of anilines is 1. The number of aliphatic carboxylic acids is 1. The highest BCUT2D eigenvalue weighted by molar-refractivity contribution is 8.00. The van der Waals surface area contributed by atoms with Crippen molar-refractivity contribution in [2.24, 2.45) is 0 Å². The van der Waals surface area contributed by atoms with Crippen LogP contribution in [0.2, 0.25) is 0 Å². The summed E-state index contributed by atoms with van der Waals surface area (Å²) in [5.74, 6) is -1.97. The number of nitrogens with zero attached hydrogens (tertiary/aromatic N) is 3. The number of ether oxygens (including phenoxy) is 1. The van der Waals surface area contributed by atoms with Gasteiger partial charge in [-0.1, -0.05) is 30.3 Å². The van der Waals surface area contributed by atoms with Crippen molar-refractivity contribution in [2.75, 3.05) is 17.2 Å². The maximum absolute atomic E-state index is 12.9. The number of hydrogen-bond donors (Lipinski definition) is 2. The summed E-state index contributed by atoms with van der Waals surface area (Å²) in [6, 6.07) is 8.23. The van der Waals surface area contributed by atoms with E-state index in [2.05, 4.69) is 10.3 Å². The number of carboxylic acid groups (broad SMARTS) is 1. The first-order chi connectivity index (χ1) is 15.3. The van der Waals surface area contributed by atoms with Crippen LogP contribution >= 0.6 is 23.1 Å². The van der Waals surface area contributed by atoms with Gasteiger partial charge in [0.05, 0.1) is 6.54 Å². The van der Waals surface area contributed by atoms with Gasteiger partial charge < -0.3 is 20.1 Å². The smallest absolute Gasteiger partial charge is 0.408 e. The van der Waals surface area contributed by atoms with Crippen LogP contribution in [0.15, 0.2) is 41.9 Å². The van der Waals surface area contributed by atoms with E-state index in [4.69, 9.17) is 4.74 Å². The van der Waals surface area contributed by atoms with Crippen LogP contribution in [0, 0.1) is 0 Å². The highest BCUT2D eigenvalue weighted by Crippen LogP contribution is 2.42. The molecule has 10 nitrogen and oxygen atoms in total. The van der Waals surface area contributed by atoms with Crippen LogP contribution in [0.5, 0.6) is 0 Å². The standard InChI is InChI=1S/C20H20N4O6S2/c1-12(25)24(18-21-7-8-31-18)14-15(26)23-10-20(17(27)28,11-32-16(14)23)22-19(29)30-9-13-5-3-2-4-6-13/h2-8,14,16H,9-11H2,1H3,(H,22,29)(H,27,28)/t14?,16-,20?/m1/s1. The van der Waals surface area contributed by atoms with Crippen molar-refractivity contribution in [3.63, 3.8) is 0 Å². The second-order valence-electron chi connectivity index (χ2n) is 7.39. The molecule has 32 heavy (non-hydrogen) atoms. The maximum atomic E-state index is 12.9. The van der Waals surface area contributed by atoms with Gasteiger partial charge in [0, 0.05) is 24.3 Å². The van der Waals surface area contributed by atoms with E-state index in [0.29, 0.717) is 5.13 Å². The fourth-order valence-corrected chi connectivity index (χ4v) is 5.90. The van der Waals surface area contributed by atoms with Gasteiger partial charge in [-0.05, 0) is 5.56 Å². The van der Waals surface area contributed by atoms with E-state index in [1.165, 1.54) is 39.8 Å². The van der Waals surface area contributed by atoms with Gasteiger partial charge in [-0.15, -0.1) is 23.1 Å². The van der Waals surface area contributed by atoms with Crippen LogP contribution in [-0.4, -0.2) is 68.1 Å². The van der Waals surface area contributed by atoms with Crippen LogP contribution < -0.4 is 10.2 Å². The molecule has 3 heterocycles. The van der Waals surface area contributed by atoms with E-state index in [-0.39, 0.29) is 24.8 Å². The third-order valence-corrected chi connectivity index (χ3v) is 7.54. The summed E-state index contributed by atoms with van der Waals surface area (Å²) in [7, 11) is 0. The summed E-state index contributed by atoms with van der Waals surface area (Å²) in [4.78, 5) is 56.4. The van der Waals surface area contributed by atoms with Crippen molar-refractivity contribution in [3.8, 4) is 0 Å². The summed E-state index contributed by atoms with van der Waals surface area (Å²) in [5, 5.41) is 14.0. The van der Waals surface area contributed by atoms with E-state index < -0.39 is 34.9 Å². The fraction of sp³-hybridized carbons (Fsp3) is 0.350. The predicted molar refractivity (Wildman–Crippen MR) is 117 cm³/mol. The quantitative estimate of drug-likeness (QED) is 0.601. The molecule has 168 valence electrons. The van der Waals surface area contributed by atoms with Crippen LogP contribution in [0.3, 0.4) is 0 Å². The third kappa shape index (κ3) is 4.02. The van der Waals surface area contributed by atoms with E-state index in [9.17, 15) is 24.3 Å². The van der Waals surface area contributed by atoms with Crippen LogP contribution in [0.25, 0.3) is 0 Å². The average molecular weight is 477 g/mol. The van der Waals surface area contributed by atoms with Crippen LogP contribution in [0.4, 0.5) is 9.93 Å².